The summed E-state index contributed by atoms with van der Waals surface area (Å²) in [6.07, 6.45) is -3.33. The summed E-state index contributed by atoms with van der Waals surface area (Å²) in [4.78, 5) is 12.1. The summed E-state index contributed by atoms with van der Waals surface area (Å²) in [5, 5.41) is 11.1. The number of amides is 1. The van der Waals surface area contributed by atoms with Gasteiger partial charge in [0.05, 0.1) is 5.56 Å². The number of aliphatic hydroxyl groups is 1. The molecule has 22 heavy (non-hydrogen) atoms. The molecule has 7 heteroatoms. The highest BCUT2D eigenvalue weighted by Gasteiger charge is 2.40. The molecule has 0 bridgehead atoms. The molecule has 2 aromatic rings. The van der Waals surface area contributed by atoms with Crippen molar-refractivity contribution >= 4 is 16.9 Å². The molecule has 1 amide bonds. The fraction of sp³-hybridized carbons (Fsp3) is 0.400. The van der Waals surface area contributed by atoms with Crippen LogP contribution in [0.25, 0.3) is 11.0 Å². The van der Waals surface area contributed by atoms with Crippen LogP contribution in [0.1, 0.15) is 29.3 Å². The number of carbonyl (C=O) groups excluding carboxylic acids is 1. The molecule has 2 rings (SSSR count). The fourth-order valence-corrected chi connectivity index (χ4v) is 2.15. The summed E-state index contributed by atoms with van der Waals surface area (Å²) >= 11 is 0. The Morgan fingerprint density at radius 2 is 2.14 bits per heavy atom. The van der Waals surface area contributed by atoms with Crippen molar-refractivity contribution in [3.05, 3.63) is 35.6 Å². The molecule has 1 heterocycles. The van der Waals surface area contributed by atoms with Gasteiger partial charge in [-0.3, -0.25) is 4.79 Å². The number of benzene rings is 1. The topological polar surface area (TPSA) is 62.5 Å². The van der Waals surface area contributed by atoms with Gasteiger partial charge >= 0.3 is 6.18 Å². The van der Waals surface area contributed by atoms with Crippen LogP contribution in [0.3, 0.4) is 0 Å². The second-order valence-electron chi connectivity index (χ2n) is 4.91. The zero-order valence-corrected chi connectivity index (χ0v) is 11.9. The van der Waals surface area contributed by atoms with E-state index < -0.39 is 31.2 Å². The van der Waals surface area contributed by atoms with Crippen LogP contribution in [-0.4, -0.2) is 29.8 Å². The van der Waals surface area contributed by atoms with E-state index in [9.17, 15) is 18.0 Å². The molecular formula is C15H16F3NO3. The zero-order chi connectivity index (χ0) is 16.3. The number of carbonyl (C=O) groups is 1. The minimum atomic E-state index is -4.62. The van der Waals surface area contributed by atoms with Crippen LogP contribution < -0.4 is 5.32 Å². The van der Waals surface area contributed by atoms with Crippen LogP contribution in [0.2, 0.25) is 0 Å². The first-order valence-corrected chi connectivity index (χ1v) is 6.85. The maximum atomic E-state index is 12.8. The first-order valence-electron chi connectivity index (χ1n) is 6.85. The van der Waals surface area contributed by atoms with Gasteiger partial charge in [-0.1, -0.05) is 13.0 Å². The molecule has 0 saturated heterocycles. The van der Waals surface area contributed by atoms with E-state index in [-0.39, 0.29) is 5.56 Å². The largest absolute Gasteiger partial charge is 0.463 e. The van der Waals surface area contributed by atoms with Crippen molar-refractivity contribution < 1.29 is 27.5 Å². The Labute approximate surface area is 124 Å². The maximum Gasteiger partial charge on any atom is 0.408 e. The molecule has 0 spiro atoms. The van der Waals surface area contributed by atoms with E-state index in [2.05, 4.69) is 0 Å². The number of aryl methyl sites for hydroxylation is 1. The minimum absolute atomic E-state index is 0.0532. The molecule has 1 unspecified atom stereocenters. The van der Waals surface area contributed by atoms with Gasteiger partial charge < -0.3 is 14.8 Å². The number of fused-ring (bicyclic) bond motifs is 1. The summed E-state index contributed by atoms with van der Waals surface area (Å²) in [5.41, 5.74) is 1.44. The Hall–Kier alpha value is -2.02. The third kappa shape index (κ3) is 3.41. The van der Waals surface area contributed by atoms with Crippen molar-refractivity contribution in [1.82, 2.24) is 5.32 Å². The van der Waals surface area contributed by atoms with Crippen molar-refractivity contribution in [2.45, 2.75) is 32.0 Å². The lowest BCUT2D eigenvalue weighted by Crippen LogP contribution is -2.45. The number of furan rings is 1. The Morgan fingerprint density at radius 3 is 2.73 bits per heavy atom. The van der Waals surface area contributed by atoms with Crippen LogP contribution in [0, 0.1) is 0 Å². The van der Waals surface area contributed by atoms with E-state index in [1.54, 1.807) is 12.1 Å². The van der Waals surface area contributed by atoms with Crippen LogP contribution in [-0.2, 0) is 6.42 Å². The molecule has 2 N–H and O–H groups in total. The van der Waals surface area contributed by atoms with E-state index in [1.807, 2.05) is 18.3 Å². The Kier molecular flexibility index (Phi) is 4.75. The Morgan fingerprint density at radius 1 is 1.41 bits per heavy atom. The maximum absolute atomic E-state index is 12.8. The van der Waals surface area contributed by atoms with Gasteiger partial charge in [0.15, 0.2) is 0 Å². The van der Waals surface area contributed by atoms with Crippen LogP contribution >= 0.6 is 0 Å². The highest BCUT2D eigenvalue weighted by atomic mass is 19.4. The Bertz CT molecular complexity index is 664. The monoisotopic (exact) mass is 315 g/mol. The summed E-state index contributed by atoms with van der Waals surface area (Å²) in [6.45, 7) is 1.26. The second-order valence-corrected chi connectivity index (χ2v) is 4.91. The lowest BCUT2D eigenvalue weighted by Gasteiger charge is -2.20. The highest BCUT2D eigenvalue weighted by Crippen LogP contribution is 2.25. The first kappa shape index (κ1) is 16.4. The third-order valence-corrected chi connectivity index (χ3v) is 3.41. The number of rotatable bonds is 5. The molecule has 4 nitrogen and oxygen atoms in total. The number of hydrogen-bond acceptors (Lipinski definition) is 3. The van der Waals surface area contributed by atoms with Crippen molar-refractivity contribution in [1.29, 1.82) is 0 Å². The summed E-state index contributed by atoms with van der Waals surface area (Å²) in [5.74, 6) is -0.872. The Balaban J connectivity index is 2.29. The molecule has 1 atom stereocenters. The van der Waals surface area contributed by atoms with E-state index in [0.29, 0.717) is 11.0 Å². The average molecular weight is 315 g/mol. The predicted molar refractivity (Wildman–Crippen MR) is 74.6 cm³/mol. The smallest absolute Gasteiger partial charge is 0.408 e. The molecule has 0 aliphatic carbocycles. The van der Waals surface area contributed by atoms with Gasteiger partial charge in [-0.15, -0.1) is 0 Å². The average Bonchev–Trinajstić information content (AvgIpc) is 2.88. The number of halogens is 3. The lowest BCUT2D eigenvalue weighted by molar-refractivity contribution is -0.156. The van der Waals surface area contributed by atoms with Crippen LogP contribution in [0.4, 0.5) is 13.2 Å². The van der Waals surface area contributed by atoms with Gasteiger partial charge in [0.25, 0.3) is 5.91 Å². The summed E-state index contributed by atoms with van der Waals surface area (Å²) in [6, 6.07) is 3.14. The highest BCUT2D eigenvalue weighted by molar-refractivity contribution is 6.06. The van der Waals surface area contributed by atoms with E-state index in [1.165, 1.54) is 0 Å². The van der Waals surface area contributed by atoms with Gasteiger partial charge in [0.2, 0.25) is 0 Å². The number of aliphatic hydroxyl groups excluding tert-OH is 1. The van der Waals surface area contributed by atoms with Crippen molar-refractivity contribution in [2.24, 2.45) is 0 Å². The van der Waals surface area contributed by atoms with Gasteiger partial charge in [0, 0.05) is 12.0 Å². The SMILES string of the molecule is CCc1ccc2occ(C(=O)NC(CCO)C(F)(F)F)c2c1. The number of alkyl halides is 3. The summed E-state index contributed by atoms with van der Waals surface area (Å²) < 4.78 is 43.6. The molecule has 0 radical (unpaired) electrons. The molecule has 0 saturated carbocycles. The van der Waals surface area contributed by atoms with E-state index in [0.717, 1.165) is 18.2 Å². The molecule has 1 aromatic carbocycles. The number of hydrogen-bond donors (Lipinski definition) is 2. The standard InChI is InChI=1S/C15H16F3NO3/c1-2-9-3-4-12-10(7-9)11(8-22-12)14(21)19-13(5-6-20)15(16,17)18/h3-4,7-8,13,20H,2,5-6H2,1H3,(H,19,21). The molecule has 0 fully saturated rings. The quantitative estimate of drug-likeness (QED) is 0.891. The molecule has 0 aliphatic heterocycles. The van der Waals surface area contributed by atoms with Crippen molar-refractivity contribution in [3.8, 4) is 0 Å². The normalized spacial score (nSPS) is 13.3. The minimum Gasteiger partial charge on any atom is -0.463 e. The van der Waals surface area contributed by atoms with E-state index in [4.69, 9.17) is 9.52 Å². The van der Waals surface area contributed by atoms with Crippen LogP contribution in [0.15, 0.2) is 28.9 Å². The van der Waals surface area contributed by atoms with Crippen LogP contribution in [0.5, 0.6) is 0 Å². The van der Waals surface area contributed by atoms with Gasteiger partial charge in [-0.25, -0.2) is 0 Å². The summed E-state index contributed by atoms with van der Waals surface area (Å²) in [7, 11) is 0. The molecule has 120 valence electrons. The first-order chi connectivity index (χ1) is 10.4. The number of nitrogens with one attached hydrogen (secondary N) is 1. The molecule has 0 aliphatic rings. The van der Waals surface area contributed by atoms with Gasteiger partial charge in [-0.2, -0.15) is 13.2 Å². The van der Waals surface area contributed by atoms with Gasteiger partial charge in [0.1, 0.15) is 17.9 Å². The molecule has 1 aromatic heterocycles. The zero-order valence-electron chi connectivity index (χ0n) is 11.9. The van der Waals surface area contributed by atoms with Crippen molar-refractivity contribution in [3.63, 3.8) is 0 Å². The predicted octanol–water partition coefficient (Wildman–Crippen LogP) is 3.04. The third-order valence-electron chi connectivity index (χ3n) is 3.41. The van der Waals surface area contributed by atoms with Crippen molar-refractivity contribution in [2.75, 3.05) is 6.61 Å². The lowest BCUT2D eigenvalue weighted by atomic mass is 10.1. The van der Waals surface area contributed by atoms with E-state index >= 15 is 0 Å². The second kappa shape index (κ2) is 6.39. The fourth-order valence-electron chi connectivity index (χ4n) is 2.15. The van der Waals surface area contributed by atoms with Gasteiger partial charge in [-0.05, 0) is 30.5 Å². The molecular weight excluding hydrogens is 299 g/mol.